The minimum Gasteiger partial charge on any atom is -0.388 e. The van der Waals surface area contributed by atoms with Gasteiger partial charge < -0.3 is 14.6 Å². The lowest BCUT2D eigenvalue weighted by molar-refractivity contribution is -0.149. The van der Waals surface area contributed by atoms with Gasteiger partial charge in [-0.1, -0.05) is 13.8 Å². The third-order valence-electron chi connectivity index (χ3n) is 3.70. The van der Waals surface area contributed by atoms with Gasteiger partial charge in [0.25, 0.3) is 0 Å². The van der Waals surface area contributed by atoms with E-state index >= 15 is 0 Å². The number of rotatable bonds is 0. The van der Waals surface area contributed by atoms with Crippen LogP contribution in [-0.2, 0) is 9.47 Å². The minimum atomic E-state index is -0.383. The monoisotopic (exact) mass is 170 g/mol. The molecule has 4 aliphatic heterocycles. The highest BCUT2D eigenvalue weighted by molar-refractivity contribution is 5.09. The maximum absolute atomic E-state index is 9.74. The fourth-order valence-electron chi connectivity index (χ4n) is 3.02. The molecule has 12 heavy (non-hydrogen) atoms. The van der Waals surface area contributed by atoms with Crippen LogP contribution in [0, 0.1) is 11.8 Å². The molecular weight excluding hydrogens is 156 g/mol. The molecule has 68 valence electrons. The summed E-state index contributed by atoms with van der Waals surface area (Å²) in [5.74, 6) is 0.809. The molecule has 3 nitrogen and oxygen atoms in total. The van der Waals surface area contributed by atoms with Crippen molar-refractivity contribution in [3.05, 3.63) is 0 Å². The van der Waals surface area contributed by atoms with E-state index in [1.165, 1.54) is 0 Å². The smallest absolute Gasteiger partial charge is 0.113 e. The highest BCUT2D eigenvalue weighted by Gasteiger charge is 2.63. The van der Waals surface area contributed by atoms with Crippen molar-refractivity contribution < 1.29 is 14.6 Å². The van der Waals surface area contributed by atoms with Crippen molar-refractivity contribution in [3.63, 3.8) is 0 Å². The van der Waals surface area contributed by atoms with Crippen molar-refractivity contribution in [3.8, 4) is 0 Å². The molecule has 0 aromatic rings. The molecule has 0 amide bonds. The Bertz CT molecular complexity index is 188. The van der Waals surface area contributed by atoms with Gasteiger partial charge in [-0.25, -0.2) is 0 Å². The van der Waals surface area contributed by atoms with E-state index in [1.807, 2.05) is 0 Å². The number of hydrogen-bond donors (Lipinski definition) is 1. The van der Waals surface area contributed by atoms with Gasteiger partial charge in [-0.3, -0.25) is 0 Å². The number of aliphatic hydroxyl groups excluding tert-OH is 1. The van der Waals surface area contributed by atoms with Crippen LogP contribution in [0.15, 0.2) is 0 Å². The van der Waals surface area contributed by atoms with Crippen LogP contribution in [0.2, 0.25) is 0 Å². The van der Waals surface area contributed by atoms with Crippen LogP contribution >= 0.6 is 0 Å². The molecule has 0 radical (unpaired) electrons. The van der Waals surface area contributed by atoms with Crippen molar-refractivity contribution in [2.24, 2.45) is 11.8 Å². The van der Waals surface area contributed by atoms with E-state index < -0.39 is 0 Å². The van der Waals surface area contributed by atoms with Crippen molar-refractivity contribution in [1.29, 1.82) is 0 Å². The molecule has 1 N–H and O–H groups in total. The van der Waals surface area contributed by atoms with Gasteiger partial charge >= 0.3 is 0 Å². The standard InChI is InChI=1S/C9H14O3/c1-3-6-4(2)8-9(11-6)5(10)7(3)12-8/h3-10H,1-2H3/t3-,4+,5-,6-,7+,8+,9+/m1/s1. The van der Waals surface area contributed by atoms with Gasteiger partial charge in [-0.15, -0.1) is 0 Å². The summed E-state index contributed by atoms with van der Waals surface area (Å²) in [6.07, 6.45) is 0.0979. The quantitative estimate of drug-likeness (QED) is 0.563. The van der Waals surface area contributed by atoms with E-state index in [0.29, 0.717) is 17.9 Å². The molecular formula is C9H14O3. The number of hydrogen-bond acceptors (Lipinski definition) is 3. The van der Waals surface area contributed by atoms with Gasteiger partial charge in [0.15, 0.2) is 0 Å². The third-order valence-corrected chi connectivity index (χ3v) is 3.70. The first-order valence-electron chi connectivity index (χ1n) is 4.69. The molecule has 4 aliphatic rings. The summed E-state index contributed by atoms with van der Waals surface area (Å²) in [5, 5.41) is 9.74. The lowest BCUT2D eigenvalue weighted by Crippen LogP contribution is -2.47. The summed E-state index contributed by atoms with van der Waals surface area (Å²) in [6.45, 7) is 4.26. The predicted octanol–water partition coefficient (Wildman–Crippen LogP) is 0.168. The second kappa shape index (κ2) is 2.03. The maximum atomic E-state index is 9.74. The summed E-state index contributed by atoms with van der Waals surface area (Å²) in [5.41, 5.74) is 0. The summed E-state index contributed by atoms with van der Waals surface area (Å²) < 4.78 is 11.4. The molecule has 7 atom stereocenters. The molecule has 0 spiro atoms. The van der Waals surface area contributed by atoms with E-state index in [2.05, 4.69) is 13.8 Å². The summed E-state index contributed by atoms with van der Waals surface area (Å²) >= 11 is 0. The topological polar surface area (TPSA) is 38.7 Å². The van der Waals surface area contributed by atoms with E-state index in [9.17, 15) is 5.11 Å². The van der Waals surface area contributed by atoms with Crippen LogP contribution in [0.5, 0.6) is 0 Å². The fourth-order valence-corrected chi connectivity index (χ4v) is 3.02. The van der Waals surface area contributed by atoms with Gasteiger partial charge in [0.2, 0.25) is 0 Å². The Labute approximate surface area is 71.7 Å². The number of aliphatic hydroxyl groups is 1. The third kappa shape index (κ3) is 0.605. The molecule has 4 saturated heterocycles. The minimum absolute atomic E-state index is 0.0359. The molecule has 0 aromatic carbocycles. The molecule has 4 fully saturated rings. The maximum Gasteiger partial charge on any atom is 0.113 e. The van der Waals surface area contributed by atoms with E-state index in [1.54, 1.807) is 0 Å². The van der Waals surface area contributed by atoms with Crippen molar-refractivity contribution in [2.45, 2.75) is 44.4 Å². The first-order valence-corrected chi connectivity index (χ1v) is 4.69. The first kappa shape index (κ1) is 7.30. The zero-order chi connectivity index (χ0) is 8.46. The molecule has 0 aliphatic carbocycles. The second-order valence-corrected chi connectivity index (χ2v) is 4.34. The van der Waals surface area contributed by atoms with Crippen LogP contribution in [0.25, 0.3) is 0 Å². The SMILES string of the molecule is C[C@@H]1[C@H]2O[C@H]3[C@H](O)[C@H]1O[C@H]3[C@H]2C. The number of ether oxygens (including phenoxy) is 2. The molecule has 3 heteroatoms. The lowest BCUT2D eigenvalue weighted by atomic mass is 9.87. The van der Waals surface area contributed by atoms with E-state index in [4.69, 9.17) is 9.47 Å². The van der Waals surface area contributed by atoms with Gasteiger partial charge in [-0.05, 0) is 0 Å². The normalized spacial score (nSPS) is 67.8. The Morgan fingerprint density at radius 3 is 2.08 bits per heavy atom. The molecule has 4 rings (SSSR count). The van der Waals surface area contributed by atoms with Crippen LogP contribution in [-0.4, -0.2) is 35.6 Å². The predicted molar refractivity (Wildman–Crippen MR) is 41.7 cm³/mol. The molecule has 0 unspecified atom stereocenters. The highest BCUT2D eigenvalue weighted by atomic mass is 16.6. The summed E-state index contributed by atoms with van der Waals surface area (Å²) in [7, 11) is 0. The Kier molecular flexibility index (Phi) is 1.23. The highest BCUT2D eigenvalue weighted by Crippen LogP contribution is 2.49. The first-order chi connectivity index (χ1) is 5.70. The van der Waals surface area contributed by atoms with Gasteiger partial charge in [0, 0.05) is 11.8 Å². The Balaban J connectivity index is 2.01. The average Bonchev–Trinajstić information content (AvgIpc) is 2.43. The van der Waals surface area contributed by atoms with Gasteiger partial charge in [-0.2, -0.15) is 0 Å². The summed E-state index contributed by atoms with van der Waals surface area (Å²) in [4.78, 5) is 0. The zero-order valence-corrected chi connectivity index (χ0v) is 7.31. The van der Waals surface area contributed by atoms with E-state index in [0.717, 1.165) is 0 Å². The summed E-state index contributed by atoms with van der Waals surface area (Å²) in [6, 6.07) is 0. The van der Waals surface area contributed by atoms with Crippen LogP contribution in [0.1, 0.15) is 13.8 Å². The van der Waals surface area contributed by atoms with Crippen molar-refractivity contribution >= 4 is 0 Å². The van der Waals surface area contributed by atoms with Gasteiger partial charge in [0.1, 0.15) is 12.2 Å². The van der Waals surface area contributed by atoms with E-state index in [-0.39, 0.29) is 24.4 Å². The zero-order valence-electron chi connectivity index (χ0n) is 7.31. The lowest BCUT2D eigenvalue weighted by Gasteiger charge is -2.37. The van der Waals surface area contributed by atoms with Gasteiger partial charge in [0.05, 0.1) is 18.3 Å². The molecule has 4 heterocycles. The fraction of sp³-hybridized carbons (Fsp3) is 1.00. The molecule has 0 aromatic heterocycles. The molecule has 0 saturated carbocycles. The van der Waals surface area contributed by atoms with Crippen LogP contribution < -0.4 is 0 Å². The van der Waals surface area contributed by atoms with Crippen LogP contribution in [0.4, 0.5) is 0 Å². The Hall–Kier alpha value is -0.120. The van der Waals surface area contributed by atoms with Crippen LogP contribution in [0.3, 0.4) is 0 Å². The molecule has 4 bridgehead atoms. The van der Waals surface area contributed by atoms with Crippen molar-refractivity contribution in [2.75, 3.05) is 0 Å². The Morgan fingerprint density at radius 2 is 1.42 bits per heavy atom. The second-order valence-electron chi connectivity index (χ2n) is 4.34. The van der Waals surface area contributed by atoms with Crippen molar-refractivity contribution in [1.82, 2.24) is 0 Å². The Morgan fingerprint density at radius 1 is 0.833 bits per heavy atom. The average molecular weight is 170 g/mol. The largest absolute Gasteiger partial charge is 0.388 e.